The van der Waals surface area contributed by atoms with Crippen LogP contribution in [0.15, 0.2) is 6.33 Å². The molecular weight excluding hydrogens is 196 g/mol. The van der Waals surface area contributed by atoms with E-state index in [1.807, 2.05) is 4.57 Å². The summed E-state index contributed by atoms with van der Waals surface area (Å²) in [5.74, 6) is 0. The van der Waals surface area contributed by atoms with Gasteiger partial charge in [0.05, 0.1) is 0 Å². The summed E-state index contributed by atoms with van der Waals surface area (Å²) < 4.78 is 2.71. The SMILES string of the molecule is CCN(CCn1cn[nH]c1=S)C1CC1. The number of aromatic amines is 1. The van der Waals surface area contributed by atoms with Crippen molar-refractivity contribution < 1.29 is 0 Å². The van der Waals surface area contributed by atoms with Gasteiger partial charge in [-0.2, -0.15) is 5.10 Å². The summed E-state index contributed by atoms with van der Waals surface area (Å²) in [6, 6.07) is 0.834. The van der Waals surface area contributed by atoms with Crippen molar-refractivity contribution in [2.24, 2.45) is 0 Å². The summed E-state index contributed by atoms with van der Waals surface area (Å²) in [6.45, 7) is 5.37. The molecule has 0 amide bonds. The molecule has 1 N–H and O–H groups in total. The van der Waals surface area contributed by atoms with Crippen LogP contribution in [0.3, 0.4) is 0 Å². The lowest BCUT2D eigenvalue weighted by molar-refractivity contribution is 0.265. The highest BCUT2D eigenvalue weighted by molar-refractivity contribution is 7.71. The molecule has 1 fully saturated rings. The van der Waals surface area contributed by atoms with Crippen molar-refractivity contribution in [2.75, 3.05) is 13.1 Å². The Morgan fingerprint density at radius 1 is 1.71 bits per heavy atom. The minimum atomic E-state index is 0.719. The number of likely N-dealkylation sites (N-methyl/N-ethyl adjacent to an activating group) is 1. The molecule has 1 saturated carbocycles. The quantitative estimate of drug-likeness (QED) is 0.750. The van der Waals surface area contributed by atoms with E-state index >= 15 is 0 Å². The molecule has 1 aliphatic carbocycles. The van der Waals surface area contributed by atoms with Crippen molar-refractivity contribution in [3.05, 3.63) is 11.1 Å². The first-order valence-corrected chi connectivity index (χ1v) is 5.56. The zero-order valence-corrected chi connectivity index (χ0v) is 9.26. The Hall–Kier alpha value is -0.680. The van der Waals surface area contributed by atoms with Gasteiger partial charge in [0.1, 0.15) is 6.33 Å². The second kappa shape index (κ2) is 4.23. The van der Waals surface area contributed by atoms with E-state index in [1.165, 1.54) is 12.8 Å². The second-order valence-corrected chi connectivity index (χ2v) is 4.10. The smallest absolute Gasteiger partial charge is 0.194 e. The molecule has 1 heterocycles. The van der Waals surface area contributed by atoms with Gasteiger partial charge in [0.2, 0.25) is 0 Å². The molecule has 0 aromatic carbocycles. The summed E-state index contributed by atoms with van der Waals surface area (Å²) in [4.78, 5) is 2.51. The highest BCUT2D eigenvalue weighted by Crippen LogP contribution is 2.26. The van der Waals surface area contributed by atoms with Gasteiger partial charge in [-0.1, -0.05) is 6.92 Å². The lowest BCUT2D eigenvalue weighted by Gasteiger charge is -2.19. The zero-order chi connectivity index (χ0) is 9.97. The summed E-state index contributed by atoms with van der Waals surface area (Å²) >= 11 is 5.08. The molecule has 2 rings (SSSR count). The molecule has 0 aliphatic heterocycles. The normalized spacial score (nSPS) is 16.4. The maximum absolute atomic E-state index is 5.08. The molecule has 0 unspecified atom stereocenters. The number of aromatic nitrogens is 3. The highest BCUT2D eigenvalue weighted by Gasteiger charge is 2.27. The van der Waals surface area contributed by atoms with Gasteiger partial charge < -0.3 is 4.57 Å². The average molecular weight is 212 g/mol. The van der Waals surface area contributed by atoms with E-state index in [2.05, 4.69) is 22.0 Å². The van der Waals surface area contributed by atoms with E-state index in [-0.39, 0.29) is 0 Å². The Morgan fingerprint density at radius 3 is 3.00 bits per heavy atom. The van der Waals surface area contributed by atoms with Crippen LogP contribution in [0.4, 0.5) is 0 Å². The van der Waals surface area contributed by atoms with Crippen molar-refractivity contribution in [3.63, 3.8) is 0 Å². The topological polar surface area (TPSA) is 36.9 Å². The Kier molecular flexibility index (Phi) is 2.98. The molecule has 0 atom stereocenters. The Bertz CT molecular complexity index is 339. The molecule has 0 bridgehead atoms. The Morgan fingerprint density at radius 2 is 2.50 bits per heavy atom. The van der Waals surface area contributed by atoms with Crippen LogP contribution in [0.1, 0.15) is 19.8 Å². The fourth-order valence-corrected chi connectivity index (χ4v) is 1.90. The van der Waals surface area contributed by atoms with Gasteiger partial charge in [0, 0.05) is 19.1 Å². The fourth-order valence-electron chi connectivity index (χ4n) is 1.70. The minimum absolute atomic E-state index is 0.719. The molecule has 0 spiro atoms. The van der Waals surface area contributed by atoms with Crippen molar-refractivity contribution in [1.82, 2.24) is 19.7 Å². The van der Waals surface area contributed by atoms with Crippen LogP contribution in [0.5, 0.6) is 0 Å². The summed E-state index contributed by atoms with van der Waals surface area (Å²) in [6.07, 6.45) is 4.50. The van der Waals surface area contributed by atoms with E-state index < -0.39 is 0 Å². The van der Waals surface area contributed by atoms with Crippen LogP contribution in [-0.4, -0.2) is 38.8 Å². The number of nitrogens with zero attached hydrogens (tertiary/aromatic N) is 3. The highest BCUT2D eigenvalue weighted by atomic mass is 32.1. The van der Waals surface area contributed by atoms with Crippen LogP contribution >= 0.6 is 12.2 Å². The van der Waals surface area contributed by atoms with Crippen LogP contribution in [0.2, 0.25) is 0 Å². The lowest BCUT2D eigenvalue weighted by atomic mass is 10.4. The molecule has 0 saturated heterocycles. The number of nitrogens with one attached hydrogen (secondary N) is 1. The molecule has 1 aromatic rings. The first-order chi connectivity index (χ1) is 6.81. The van der Waals surface area contributed by atoms with Crippen LogP contribution in [0.25, 0.3) is 0 Å². The zero-order valence-electron chi connectivity index (χ0n) is 8.44. The number of hydrogen-bond donors (Lipinski definition) is 1. The minimum Gasteiger partial charge on any atom is -0.305 e. The van der Waals surface area contributed by atoms with Crippen molar-refractivity contribution in [3.8, 4) is 0 Å². The first-order valence-electron chi connectivity index (χ1n) is 5.15. The van der Waals surface area contributed by atoms with Gasteiger partial charge in [-0.3, -0.25) is 10.00 Å². The van der Waals surface area contributed by atoms with Crippen molar-refractivity contribution in [1.29, 1.82) is 0 Å². The maximum Gasteiger partial charge on any atom is 0.194 e. The van der Waals surface area contributed by atoms with Crippen molar-refractivity contribution in [2.45, 2.75) is 32.4 Å². The third kappa shape index (κ3) is 2.22. The van der Waals surface area contributed by atoms with Gasteiger partial charge in [-0.15, -0.1) is 0 Å². The molecule has 0 radical (unpaired) electrons. The third-order valence-corrected chi connectivity index (χ3v) is 3.04. The van der Waals surface area contributed by atoms with Crippen LogP contribution in [0, 0.1) is 4.77 Å². The number of hydrogen-bond acceptors (Lipinski definition) is 3. The third-order valence-electron chi connectivity index (χ3n) is 2.72. The maximum atomic E-state index is 5.08. The standard InChI is InChI=1S/C9H16N4S/c1-2-12(8-3-4-8)5-6-13-7-10-11-9(13)14/h7-8H,2-6H2,1H3,(H,11,14). The predicted molar refractivity (Wildman–Crippen MR) is 57.7 cm³/mol. The summed E-state index contributed by atoms with van der Waals surface area (Å²) in [5.41, 5.74) is 0. The van der Waals surface area contributed by atoms with E-state index in [4.69, 9.17) is 12.2 Å². The molecular formula is C9H16N4S. The van der Waals surface area contributed by atoms with Crippen LogP contribution in [-0.2, 0) is 6.54 Å². The van der Waals surface area contributed by atoms with E-state index in [1.54, 1.807) is 6.33 Å². The Labute approximate surface area is 88.9 Å². The van der Waals surface area contributed by atoms with Gasteiger partial charge in [-0.25, -0.2) is 0 Å². The number of rotatable bonds is 5. The van der Waals surface area contributed by atoms with E-state index in [0.29, 0.717) is 0 Å². The predicted octanol–water partition coefficient (Wildman–Crippen LogP) is 1.42. The molecule has 14 heavy (non-hydrogen) atoms. The van der Waals surface area contributed by atoms with Gasteiger partial charge in [0.25, 0.3) is 0 Å². The van der Waals surface area contributed by atoms with Gasteiger partial charge >= 0.3 is 0 Å². The molecule has 5 heteroatoms. The average Bonchev–Trinajstić information content (AvgIpc) is 2.93. The molecule has 1 aliphatic rings. The Balaban J connectivity index is 1.86. The molecule has 78 valence electrons. The largest absolute Gasteiger partial charge is 0.305 e. The molecule has 1 aromatic heterocycles. The lowest BCUT2D eigenvalue weighted by Crippen LogP contribution is -2.29. The first kappa shape index (κ1) is 9.86. The summed E-state index contributed by atoms with van der Waals surface area (Å²) in [7, 11) is 0. The second-order valence-electron chi connectivity index (χ2n) is 3.71. The van der Waals surface area contributed by atoms with Crippen LogP contribution < -0.4 is 0 Å². The van der Waals surface area contributed by atoms with Gasteiger partial charge in [-0.05, 0) is 31.6 Å². The summed E-state index contributed by atoms with van der Waals surface area (Å²) in [5, 5.41) is 6.67. The number of H-pyrrole nitrogens is 1. The fraction of sp³-hybridized carbons (Fsp3) is 0.778. The van der Waals surface area contributed by atoms with Gasteiger partial charge in [0.15, 0.2) is 4.77 Å². The monoisotopic (exact) mass is 212 g/mol. The van der Waals surface area contributed by atoms with Crippen molar-refractivity contribution >= 4 is 12.2 Å². The van der Waals surface area contributed by atoms with E-state index in [9.17, 15) is 0 Å². The molecule has 4 nitrogen and oxygen atoms in total. The van der Waals surface area contributed by atoms with E-state index in [0.717, 1.165) is 30.4 Å².